The first-order valence-corrected chi connectivity index (χ1v) is 15.2. The van der Waals surface area contributed by atoms with Crippen molar-refractivity contribution in [3.8, 4) is 0 Å². The molecule has 10 heteroatoms. The van der Waals surface area contributed by atoms with E-state index in [4.69, 9.17) is 9.31 Å². The van der Waals surface area contributed by atoms with Crippen LogP contribution in [0.5, 0.6) is 0 Å². The summed E-state index contributed by atoms with van der Waals surface area (Å²) >= 11 is 0. The van der Waals surface area contributed by atoms with Crippen LogP contribution in [0, 0.1) is 5.92 Å². The number of aromatic nitrogens is 4. The quantitative estimate of drug-likeness (QED) is 0.262. The van der Waals surface area contributed by atoms with Gasteiger partial charge in [0.2, 0.25) is 0 Å². The maximum Gasteiger partial charge on any atom is 0.494 e. The molecule has 0 spiro atoms. The lowest BCUT2D eigenvalue weighted by atomic mass is 9.79. The van der Waals surface area contributed by atoms with Gasteiger partial charge in [0.25, 0.3) is 0 Å². The van der Waals surface area contributed by atoms with Gasteiger partial charge in [-0.25, -0.2) is 4.79 Å². The van der Waals surface area contributed by atoms with Gasteiger partial charge >= 0.3 is 13.2 Å². The average molecular weight is 586 g/mol. The third-order valence-corrected chi connectivity index (χ3v) is 8.68. The van der Waals surface area contributed by atoms with Crippen LogP contribution in [0.3, 0.4) is 0 Å². The van der Waals surface area contributed by atoms with Gasteiger partial charge in [0.1, 0.15) is 0 Å². The number of carbonyl (C=O) groups is 1. The summed E-state index contributed by atoms with van der Waals surface area (Å²) in [5.74, 6) is 0.351. The standard InChI is InChI=1S/C17H21N3O2.C16H23BN2O2/c1-11(2)20-10-14-6-5-13(8-15(14)18-20)16-7-4-12(3)9-19(16)17(21)22;1-11(2)19-10-12-7-8-13(9-14(12)18-19)17-20-15(3,4)16(5,6)21-17/h5-8,10-12H,4,9H2,1-3H3,(H,21,22);7-11H,1-6H3/t12-;/m0./s1. The third-order valence-electron chi connectivity index (χ3n) is 8.68. The lowest BCUT2D eigenvalue weighted by Gasteiger charge is -2.32. The number of benzene rings is 2. The maximum absolute atomic E-state index is 11.5. The summed E-state index contributed by atoms with van der Waals surface area (Å²) in [4.78, 5) is 12.9. The predicted octanol–water partition coefficient (Wildman–Crippen LogP) is 6.89. The Morgan fingerprint density at radius 2 is 1.44 bits per heavy atom. The van der Waals surface area contributed by atoms with Crippen LogP contribution < -0.4 is 5.46 Å². The Balaban J connectivity index is 0.000000171. The molecular weight excluding hydrogens is 541 g/mol. The highest BCUT2D eigenvalue weighted by Crippen LogP contribution is 2.36. The van der Waals surface area contributed by atoms with Crippen LogP contribution in [0.15, 0.2) is 54.9 Å². The van der Waals surface area contributed by atoms with Crippen molar-refractivity contribution in [1.29, 1.82) is 0 Å². The van der Waals surface area contributed by atoms with E-state index in [1.54, 1.807) is 0 Å². The average Bonchev–Trinajstić information content (AvgIpc) is 3.61. The summed E-state index contributed by atoms with van der Waals surface area (Å²) in [6.45, 7) is 19.3. The molecule has 4 heterocycles. The van der Waals surface area contributed by atoms with Crippen LogP contribution in [0.4, 0.5) is 4.79 Å². The number of hydrogen-bond donors (Lipinski definition) is 1. The normalized spacial score (nSPS) is 19.7. The van der Waals surface area contributed by atoms with Crippen molar-refractivity contribution in [2.24, 2.45) is 5.92 Å². The van der Waals surface area contributed by atoms with Gasteiger partial charge in [0.15, 0.2) is 0 Å². The monoisotopic (exact) mass is 585 g/mol. The summed E-state index contributed by atoms with van der Waals surface area (Å²) in [7, 11) is -0.330. The summed E-state index contributed by atoms with van der Waals surface area (Å²) in [5.41, 5.74) is 3.96. The number of amides is 1. The zero-order valence-electron chi connectivity index (χ0n) is 26.8. The van der Waals surface area contributed by atoms with Crippen molar-refractivity contribution >= 4 is 46.2 Å². The van der Waals surface area contributed by atoms with Gasteiger partial charge in [-0.2, -0.15) is 10.2 Å². The molecule has 6 rings (SSSR count). The molecular formula is C33H44BN5O4. The Kier molecular flexibility index (Phi) is 8.22. The smallest absolute Gasteiger partial charge is 0.465 e. The zero-order chi connectivity index (χ0) is 31.3. The Bertz CT molecular complexity index is 1650. The highest BCUT2D eigenvalue weighted by Gasteiger charge is 2.51. The molecule has 0 unspecified atom stereocenters. The molecule has 0 radical (unpaired) electrons. The van der Waals surface area contributed by atoms with Crippen LogP contribution in [-0.2, 0) is 9.31 Å². The first-order valence-electron chi connectivity index (χ1n) is 15.2. The van der Waals surface area contributed by atoms with E-state index in [-0.39, 0.29) is 18.3 Å². The molecule has 9 nitrogen and oxygen atoms in total. The molecule has 1 N–H and O–H groups in total. The minimum atomic E-state index is -0.898. The van der Waals surface area contributed by atoms with E-state index in [0.717, 1.165) is 44.9 Å². The van der Waals surface area contributed by atoms with E-state index in [0.29, 0.717) is 24.5 Å². The summed E-state index contributed by atoms with van der Waals surface area (Å²) < 4.78 is 16.1. The van der Waals surface area contributed by atoms with E-state index < -0.39 is 6.09 Å². The number of fused-ring (bicyclic) bond motifs is 2. The number of nitrogens with zero attached hydrogens (tertiary/aromatic N) is 5. The molecule has 2 aromatic heterocycles. The van der Waals surface area contributed by atoms with Crippen LogP contribution in [0.25, 0.3) is 27.5 Å². The van der Waals surface area contributed by atoms with Gasteiger partial charge in [-0.1, -0.05) is 37.3 Å². The SMILES string of the molecule is CC(C)n1cc2ccc(B3OC(C)(C)C(C)(C)O3)cc2n1.CC(C)n1cc2ccc(C3=CC[C@H](C)CN3C(=O)O)cc2n1. The molecule has 228 valence electrons. The molecule has 43 heavy (non-hydrogen) atoms. The fraction of sp³-hybridized carbons (Fsp3) is 0.485. The molecule has 0 aliphatic carbocycles. The summed E-state index contributed by atoms with van der Waals surface area (Å²) in [6, 6.07) is 12.8. The molecule has 1 fully saturated rings. The van der Waals surface area contributed by atoms with Crippen molar-refractivity contribution in [2.75, 3.05) is 6.54 Å². The zero-order valence-corrected chi connectivity index (χ0v) is 26.8. The molecule has 0 saturated carbocycles. The first kappa shape index (κ1) is 30.8. The molecule has 1 amide bonds. The number of carboxylic acid groups (broad SMARTS) is 1. The first-order chi connectivity index (χ1) is 20.1. The Morgan fingerprint density at radius 3 is 1.98 bits per heavy atom. The fourth-order valence-corrected chi connectivity index (χ4v) is 5.26. The Labute approximate surface area is 254 Å². The Morgan fingerprint density at radius 1 is 0.907 bits per heavy atom. The second-order valence-electron chi connectivity index (χ2n) is 13.4. The van der Waals surface area contributed by atoms with E-state index in [2.05, 4.69) is 96.9 Å². The highest BCUT2D eigenvalue weighted by atomic mass is 16.7. The molecule has 2 aliphatic rings. The molecule has 0 bridgehead atoms. The minimum absolute atomic E-state index is 0.307. The van der Waals surface area contributed by atoms with E-state index >= 15 is 0 Å². The van der Waals surface area contributed by atoms with Crippen LogP contribution in [0.2, 0.25) is 0 Å². The van der Waals surface area contributed by atoms with Crippen molar-refractivity contribution in [3.63, 3.8) is 0 Å². The van der Waals surface area contributed by atoms with Gasteiger partial charge in [-0.15, -0.1) is 0 Å². The lowest BCUT2D eigenvalue weighted by molar-refractivity contribution is 0.00578. The maximum atomic E-state index is 11.5. The van der Waals surface area contributed by atoms with Crippen molar-refractivity contribution in [1.82, 2.24) is 24.5 Å². The summed E-state index contributed by atoms with van der Waals surface area (Å²) in [6.07, 6.45) is 6.12. The molecule has 1 saturated heterocycles. The van der Waals surface area contributed by atoms with Gasteiger partial charge in [-0.3, -0.25) is 14.3 Å². The summed E-state index contributed by atoms with van der Waals surface area (Å²) in [5, 5.41) is 20.9. The molecule has 2 aliphatic heterocycles. The highest BCUT2D eigenvalue weighted by molar-refractivity contribution is 6.62. The van der Waals surface area contributed by atoms with Crippen molar-refractivity contribution in [2.45, 2.75) is 92.0 Å². The van der Waals surface area contributed by atoms with E-state index in [1.807, 2.05) is 39.8 Å². The third kappa shape index (κ3) is 6.22. The van der Waals surface area contributed by atoms with Crippen LogP contribution in [0.1, 0.15) is 86.4 Å². The number of rotatable bonds is 4. The van der Waals surface area contributed by atoms with Gasteiger partial charge in [0.05, 0.1) is 27.9 Å². The molecule has 1 atom stereocenters. The van der Waals surface area contributed by atoms with Gasteiger partial charge in [-0.05, 0) is 85.3 Å². The molecule has 2 aromatic carbocycles. The second-order valence-corrected chi connectivity index (χ2v) is 13.4. The predicted molar refractivity (Wildman–Crippen MR) is 172 cm³/mol. The van der Waals surface area contributed by atoms with Gasteiger partial charge < -0.3 is 14.4 Å². The van der Waals surface area contributed by atoms with Gasteiger partial charge in [0, 0.05) is 47.4 Å². The number of allylic oxidation sites excluding steroid dienone is 1. The Hall–Kier alpha value is -3.63. The fourth-order valence-electron chi connectivity index (χ4n) is 5.26. The van der Waals surface area contributed by atoms with Crippen LogP contribution >= 0.6 is 0 Å². The minimum Gasteiger partial charge on any atom is -0.465 e. The van der Waals surface area contributed by atoms with Crippen molar-refractivity contribution < 1.29 is 19.2 Å². The number of hydrogen-bond acceptors (Lipinski definition) is 5. The van der Waals surface area contributed by atoms with Crippen LogP contribution in [-0.4, -0.2) is 60.5 Å². The van der Waals surface area contributed by atoms with E-state index in [1.165, 1.54) is 4.90 Å². The van der Waals surface area contributed by atoms with Crippen molar-refractivity contribution in [3.05, 3.63) is 60.4 Å². The lowest BCUT2D eigenvalue weighted by Crippen LogP contribution is -2.41. The molecule has 4 aromatic rings. The topological polar surface area (TPSA) is 94.6 Å². The second kappa shape index (κ2) is 11.5. The van der Waals surface area contributed by atoms with E-state index in [9.17, 15) is 9.90 Å². The largest absolute Gasteiger partial charge is 0.494 e.